The Morgan fingerprint density at radius 2 is 2.25 bits per heavy atom. The zero-order chi connectivity index (χ0) is 16.9. The molecule has 1 atom stereocenters. The normalized spacial score (nSPS) is 17.4. The number of carbonyl (C=O) groups is 2. The van der Waals surface area contributed by atoms with Crippen LogP contribution in [0.15, 0.2) is 24.5 Å². The Hall–Kier alpha value is -2.55. The minimum atomic E-state index is -0.374. The number of nitrogens with zero attached hydrogens (tertiary/aromatic N) is 4. The van der Waals surface area contributed by atoms with Crippen LogP contribution in [0.4, 0.5) is 9.80 Å². The molecule has 2 N–H and O–H groups in total. The predicted molar refractivity (Wildman–Crippen MR) is 89.9 cm³/mol. The molecule has 1 saturated heterocycles. The summed E-state index contributed by atoms with van der Waals surface area (Å²) >= 11 is 0.990. The number of amides is 3. The van der Waals surface area contributed by atoms with Crippen molar-refractivity contribution < 1.29 is 9.59 Å². The van der Waals surface area contributed by atoms with Crippen molar-refractivity contribution in [2.45, 2.75) is 25.3 Å². The van der Waals surface area contributed by atoms with Crippen molar-refractivity contribution in [1.29, 1.82) is 0 Å². The van der Waals surface area contributed by atoms with Crippen LogP contribution in [0.3, 0.4) is 0 Å². The van der Waals surface area contributed by atoms with E-state index in [0.29, 0.717) is 11.5 Å². The highest BCUT2D eigenvalue weighted by Crippen LogP contribution is 2.31. The first-order chi connectivity index (χ1) is 11.7. The number of pyridine rings is 1. The van der Waals surface area contributed by atoms with E-state index in [0.717, 1.165) is 36.4 Å². The molecule has 2 aromatic rings. The molecule has 3 rings (SSSR count). The average Bonchev–Trinajstić information content (AvgIpc) is 3.10. The molecule has 0 aliphatic carbocycles. The average molecular weight is 346 g/mol. The number of urea groups is 1. The molecule has 0 bridgehead atoms. The summed E-state index contributed by atoms with van der Waals surface area (Å²) in [5.74, 6) is -0.374. The van der Waals surface area contributed by atoms with Gasteiger partial charge in [-0.15, -0.1) is 5.10 Å². The first-order valence-corrected chi connectivity index (χ1v) is 8.50. The van der Waals surface area contributed by atoms with Crippen LogP contribution in [-0.4, -0.2) is 45.0 Å². The second-order valence-electron chi connectivity index (χ2n) is 5.45. The third-order valence-electron chi connectivity index (χ3n) is 3.98. The van der Waals surface area contributed by atoms with Crippen molar-refractivity contribution in [2.75, 3.05) is 18.9 Å². The van der Waals surface area contributed by atoms with Crippen molar-refractivity contribution in [3.8, 4) is 0 Å². The smallest absolute Gasteiger partial charge is 0.323 e. The number of piperidine rings is 1. The van der Waals surface area contributed by atoms with Crippen LogP contribution in [0.5, 0.6) is 0 Å². The van der Waals surface area contributed by atoms with Gasteiger partial charge in [0.05, 0.1) is 6.04 Å². The maximum atomic E-state index is 12.7. The molecule has 1 aliphatic rings. The number of nitrogens with one attached hydrogen (secondary N) is 2. The minimum absolute atomic E-state index is 0.0169. The summed E-state index contributed by atoms with van der Waals surface area (Å²) in [5, 5.41) is 9.39. The standard InChI is InChI=1S/C15H18N6O2S/c1-16-13(22)12-14(24-20-19-12)18-15(23)21-8-3-2-6-11(21)10-5-4-7-17-9-10/h4-5,7,9,11H,2-3,6,8H2,1H3,(H,16,22)(H,18,23). The van der Waals surface area contributed by atoms with Gasteiger partial charge in [-0.25, -0.2) is 4.79 Å². The lowest BCUT2D eigenvalue weighted by Gasteiger charge is -2.35. The fraction of sp³-hybridized carbons (Fsp3) is 0.400. The van der Waals surface area contributed by atoms with E-state index in [1.807, 2.05) is 12.1 Å². The summed E-state index contributed by atoms with van der Waals surface area (Å²) in [6.07, 6.45) is 6.42. The molecule has 0 saturated carbocycles. The molecule has 9 heteroatoms. The number of likely N-dealkylation sites (tertiary alicyclic amines) is 1. The quantitative estimate of drug-likeness (QED) is 0.886. The molecule has 0 spiro atoms. The minimum Gasteiger partial charge on any atom is -0.354 e. The highest BCUT2D eigenvalue weighted by Gasteiger charge is 2.29. The van der Waals surface area contributed by atoms with E-state index in [-0.39, 0.29) is 23.7 Å². The molecule has 3 heterocycles. The van der Waals surface area contributed by atoms with Crippen LogP contribution < -0.4 is 10.6 Å². The third kappa shape index (κ3) is 3.35. The Labute approximate surface area is 143 Å². The van der Waals surface area contributed by atoms with Gasteiger partial charge in [0, 0.05) is 37.5 Å². The molecule has 1 aliphatic heterocycles. The zero-order valence-corrected chi connectivity index (χ0v) is 14.0. The van der Waals surface area contributed by atoms with E-state index in [4.69, 9.17) is 0 Å². The molecular formula is C15H18N6O2S. The Kier molecular flexibility index (Phi) is 4.99. The summed E-state index contributed by atoms with van der Waals surface area (Å²) in [6, 6.07) is 3.58. The first kappa shape index (κ1) is 16.3. The number of carbonyl (C=O) groups excluding carboxylic acids is 2. The summed E-state index contributed by atoms with van der Waals surface area (Å²) in [5.41, 5.74) is 1.15. The molecular weight excluding hydrogens is 328 g/mol. The van der Waals surface area contributed by atoms with Gasteiger partial charge in [0.2, 0.25) is 0 Å². The molecule has 8 nitrogen and oxygen atoms in total. The van der Waals surface area contributed by atoms with Crippen molar-refractivity contribution in [3.05, 3.63) is 35.8 Å². The third-order valence-corrected chi connectivity index (χ3v) is 4.62. The SMILES string of the molecule is CNC(=O)c1nnsc1NC(=O)N1CCCCC1c1cccnc1. The maximum Gasteiger partial charge on any atom is 0.323 e. The van der Waals surface area contributed by atoms with Crippen molar-refractivity contribution in [2.24, 2.45) is 0 Å². The van der Waals surface area contributed by atoms with Crippen LogP contribution in [0.2, 0.25) is 0 Å². The molecule has 24 heavy (non-hydrogen) atoms. The van der Waals surface area contributed by atoms with E-state index in [9.17, 15) is 9.59 Å². The zero-order valence-electron chi connectivity index (χ0n) is 13.2. The Morgan fingerprint density at radius 3 is 3.00 bits per heavy atom. The molecule has 2 aromatic heterocycles. The van der Waals surface area contributed by atoms with Gasteiger partial charge >= 0.3 is 6.03 Å². The van der Waals surface area contributed by atoms with Gasteiger partial charge in [0.25, 0.3) is 5.91 Å². The van der Waals surface area contributed by atoms with Crippen molar-refractivity contribution >= 4 is 28.5 Å². The second-order valence-corrected chi connectivity index (χ2v) is 6.21. The van der Waals surface area contributed by atoms with Gasteiger partial charge in [0.15, 0.2) is 10.7 Å². The van der Waals surface area contributed by atoms with E-state index in [2.05, 4.69) is 25.2 Å². The number of hydrogen-bond acceptors (Lipinski definition) is 6. The molecule has 0 aromatic carbocycles. The van der Waals surface area contributed by atoms with E-state index < -0.39 is 0 Å². The Bertz CT molecular complexity index is 720. The summed E-state index contributed by atoms with van der Waals surface area (Å²) in [6.45, 7) is 0.660. The maximum absolute atomic E-state index is 12.7. The fourth-order valence-corrected chi connectivity index (χ4v) is 3.36. The largest absolute Gasteiger partial charge is 0.354 e. The molecule has 1 fully saturated rings. The van der Waals surface area contributed by atoms with Gasteiger partial charge in [-0.3, -0.25) is 15.1 Å². The number of rotatable bonds is 3. The Morgan fingerprint density at radius 1 is 1.38 bits per heavy atom. The number of anilines is 1. The van der Waals surface area contributed by atoms with Crippen molar-refractivity contribution in [3.63, 3.8) is 0 Å². The van der Waals surface area contributed by atoms with Gasteiger partial charge in [-0.05, 0) is 30.9 Å². The Balaban J connectivity index is 1.78. The van der Waals surface area contributed by atoms with Gasteiger partial charge in [0.1, 0.15) is 0 Å². The topological polar surface area (TPSA) is 100 Å². The lowest BCUT2D eigenvalue weighted by molar-refractivity contribution is 0.0959. The predicted octanol–water partition coefficient (Wildman–Crippen LogP) is 2.05. The van der Waals surface area contributed by atoms with Gasteiger partial charge in [-0.2, -0.15) is 0 Å². The highest BCUT2D eigenvalue weighted by molar-refractivity contribution is 7.10. The molecule has 0 radical (unpaired) electrons. The van der Waals surface area contributed by atoms with E-state index >= 15 is 0 Å². The van der Waals surface area contributed by atoms with Crippen LogP contribution in [0, 0.1) is 0 Å². The monoisotopic (exact) mass is 346 g/mol. The lowest BCUT2D eigenvalue weighted by Crippen LogP contribution is -2.41. The van der Waals surface area contributed by atoms with Crippen LogP contribution in [-0.2, 0) is 0 Å². The van der Waals surface area contributed by atoms with Crippen LogP contribution in [0.25, 0.3) is 0 Å². The molecule has 126 valence electrons. The number of hydrogen-bond donors (Lipinski definition) is 2. The first-order valence-electron chi connectivity index (χ1n) is 7.72. The van der Waals surface area contributed by atoms with Gasteiger partial charge < -0.3 is 10.2 Å². The van der Waals surface area contributed by atoms with Crippen molar-refractivity contribution in [1.82, 2.24) is 24.8 Å². The summed E-state index contributed by atoms with van der Waals surface area (Å²) < 4.78 is 3.75. The second kappa shape index (κ2) is 7.35. The van der Waals surface area contributed by atoms with E-state index in [1.54, 1.807) is 17.3 Å². The molecule has 3 amide bonds. The number of aromatic nitrogens is 3. The molecule has 1 unspecified atom stereocenters. The lowest BCUT2D eigenvalue weighted by atomic mass is 9.97. The summed E-state index contributed by atoms with van der Waals surface area (Å²) in [7, 11) is 1.51. The van der Waals surface area contributed by atoms with E-state index in [1.165, 1.54) is 7.05 Å². The highest BCUT2D eigenvalue weighted by atomic mass is 32.1. The van der Waals surface area contributed by atoms with Gasteiger partial charge in [-0.1, -0.05) is 10.6 Å². The van der Waals surface area contributed by atoms with Crippen LogP contribution in [0.1, 0.15) is 41.4 Å². The van der Waals surface area contributed by atoms with Crippen LogP contribution >= 0.6 is 11.5 Å². The fourth-order valence-electron chi connectivity index (χ4n) is 2.80. The summed E-state index contributed by atoms with van der Waals surface area (Å²) in [4.78, 5) is 30.4.